The number of aromatic nitrogens is 1. The van der Waals surface area contributed by atoms with Crippen LogP contribution in [0, 0.1) is 6.92 Å². The van der Waals surface area contributed by atoms with Crippen LogP contribution >= 0.6 is 23.2 Å². The van der Waals surface area contributed by atoms with E-state index in [1.54, 1.807) is 31.2 Å². The first-order valence-electron chi connectivity index (χ1n) is 5.46. The zero-order valence-corrected chi connectivity index (χ0v) is 11.5. The summed E-state index contributed by atoms with van der Waals surface area (Å²) in [6.45, 7) is 1.83. The van der Waals surface area contributed by atoms with Gasteiger partial charge >= 0.3 is 0 Å². The third-order valence-corrected chi connectivity index (χ3v) is 3.01. The van der Waals surface area contributed by atoms with Crippen LogP contribution in [0.1, 0.15) is 5.76 Å². The third-order valence-electron chi connectivity index (χ3n) is 2.27. The second-order valence-corrected chi connectivity index (χ2v) is 4.67. The van der Waals surface area contributed by atoms with Crippen molar-refractivity contribution < 1.29 is 9.32 Å². The summed E-state index contributed by atoms with van der Waals surface area (Å²) in [6.07, 6.45) is 0. The molecule has 2 aromatic rings. The number of nitrogens with zero attached hydrogens (tertiary/aromatic N) is 1. The van der Waals surface area contributed by atoms with E-state index in [0.29, 0.717) is 27.3 Å². The highest BCUT2D eigenvalue weighted by molar-refractivity contribution is 6.42. The van der Waals surface area contributed by atoms with Gasteiger partial charge in [-0.2, -0.15) is 0 Å². The summed E-state index contributed by atoms with van der Waals surface area (Å²) in [6, 6.07) is 6.68. The fourth-order valence-corrected chi connectivity index (χ4v) is 1.70. The molecule has 1 aromatic carbocycles. The zero-order valence-electron chi connectivity index (χ0n) is 10.0. The number of benzene rings is 1. The number of anilines is 2. The Morgan fingerprint density at radius 1 is 1.32 bits per heavy atom. The molecule has 0 saturated heterocycles. The molecule has 1 amide bonds. The molecular formula is C12H11Cl2N3O2. The molecule has 2 rings (SSSR count). The Kier molecular flexibility index (Phi) is 4.29. The summed E-state index contributed by atoms with van der Waals surface area (Å²) < 4.78 is 4.84. The lowest BCUT2D eigenvalue weighted by atomic mass is 10.3. The lowest BCUT2D eigenvalue weighted by molar-refractivity contribution is -0.114. The first-order valence-corrected chi connectivity index (χ1v) is 6.22. The number of hydrogen-bond acceptors (Lipinski definition) is 4. The molecule has 100 valence electrons. The van der Waals surface area contributed by atoms with E-state index in [4.69, 9.17) is 27.7 Å². The second kappa shape index (κ2) is 5.95. The Bertz CT molecular complexity index is 598. The van der Waals surface area contributed by atoms with E-state index in [9.17, 15) is 4.79 Å². The van der Waals surface area contributed by atoms with Crippen LogP contribution in [0.2, 0.25) is 10.0 Å². The number of carbonyl (C=O) groups excluding carboxylic acids is 1. The third kappa shape index (κ3) is 3.87. The van der Waals surface area contributed by atoms with Gasteiger partial charge < -0.3 is 15.2 Å². The SMILES string of the molecule is Cc1cc(NC(=O)CNc2ccc(Cl)c(Cl)c2)no1. The van der Waals surface area contributed by atoms with Crippen LogP contribution in [0.4, 0.5) is 11.5 Å². The van der Waals surface area contributed by atoms with E-state index in [1.807, 2.05) is 0 Å². The predicted octanol–water partition coefficient (Wildman–Crippen LogP) is 3.34. The number of aryl methyl sites for hydroxylation is 1. The molecule has 7 heteroatoms. The van der Waals surface area contributed by atoms with Crippen molar-refractivity contribution in [3.63, 3.8) is 0 Å². The number of nitrogens with one attached hydrogen (secondary N) is 2. The van der Waals surface area contributed by atoms with Crippen molar-refractivity contribution >= 4 is 40.6 Å². The molecule has 0 aliphatic rings. The van der Waals surface area contributed by atoms with Crippen LogP contribution in [0.15, 0.2) is 28.8 Å². The number of amides is 1. The van der Waals surface area contributed by atoms with Gasteiger partial charge in [-0.15, -0.1) is 0 Å². The lowest BCUT2D eigenvalue weighted by Gasteiger charge is -2.06. The molecule has 1 heterocycles. The quantitative estimate of drug-likeness (QED) is 0.908. The summed E-state index contributed by atoms with van der Waals surface area (Å²) in [5.74, 6) is 0.783. The molecule has 0 aliphatic heterocycles. The maximum absolute atomic E-state index is 11.6. The molecule has 0 aliphatic carbocycles. The van der Waals surface area contributed by atoms with Gasteiger partial charge in [0.2, 0.25) is 5.91 Å². The number of hydrogen-bond donors (Lipinski definition) is 2. The van der Waals surface area contributed by atoms with Gasteiger partial charge in [0, 0.05) is 11.8 Å². The molecule has 2 N–H and O–H groups in total. The number of carbonyl (C=O) groups is 1. The van der Waals surface area contributed by atoms with Gasteiger partial charge in [-0.3, -0.25) is 4.79 Å². The Morgan fingerprint density at radius 3 is 2.74 bits per heavy atom. The van der Waals surface area contributed by atoms with Crippen molar-refractivity contribution in [2.75, 3.05) is 17.2 Å². The molecule has 0 spiro atoms. The maximum atomic E-state index is 11.6. The zero-order chi connectivity index (χ0) is 13.8. The summed E-state index contributed by atoms with van der Waals surface area (Å²) in [5, 5.41) is 10.1. The Labute approximate surface area is 119 Å². The molecule has 0 fully saturated rings. The molecule has 0 radical (unpaired) electrons. The van der Waals surface area contributed by atoms with Crippen molar-refractivity contribution in [1.29, 1.82) is 0 Å². The van der Waals surface area contributed by atoms with Crippen LogP contribution in [-0.2, 0) is 4.79 Å². The molecule has 0 atom stereocenters. The maximum Gasteiger partial charge on any atom is 0.244 e. The monoisotopic (exact) mass is 299 g/mol. The largest absolute Gasteiger partial charge is 0.376 e. The summed E-state index contributed by atoms with van der Waals surface area (Å²) in [5.41, 5.74) is 0.709. The first kappa shape index (κ1) is 13.7. The molecule has 19 heavy (non-hydrogen) atoms. The molecule has 5 nitrogen and oxygen atoms in total. The van der Waals surface area contributed by atoms with Crippen molar-refractivity contribution in [3.8, 4) is 0 Å². The first-order chi connectivity index (χ1) is 9.04. The molecule has 1 aromatic heterocycles. The topological polar surface area (TPSA) is 67.2 Å². The van der Waals surface area contributed by atoms with Crippen molar-refractivity contribution in [2.24, 2.45) is 0 Å². The van der Waals surface area contributed by atoms with Gasteiger partial charge in [-0.05, 0) is 25.1 Å². The van der Waals surface area contributed by atoms with Gasteiger partial charge in [-0.1, -0.05) is 28.4 Å². The van der Waals surface area contributed by atoms with E-state index < -0.39 is 0 Å². The van der Waals surface area contributed by atoms with Crippen molar-refractivity contribution in [1.82, 2.24) is 5.16 Å². The molecule has 0 bridgehead atoms. The highest BCUT2D eigenvalue weighted by atomic mass is 35.5. The summed E-state index contributed by atoms with van der Waals surface area (Å²) in [4.78, 5) is 11.6. The summed E-state index contributed by atoms with van der Waals surface area (Å²) >= 11 is 11.7. The Morgan fingerprint density at radius 2 is 2.11 bits per heavy atom. The van der Waals surface area contributed by atoms with E-state index in [0.717, 1.165) is 0 Å². The van der Waals surface area contributed by atoms with Gasteiger partial charge in [0.25, 0.3) is 0 Å². The van der Waals surface area contributed by atoms with Crippen LogP contribution in [0.3, 0.4) is 0 Å². The van der Waals surface area contributed by atoms with Crippen molar-refractivity contribution in [3.05, 3.63) is 40.1 Å². The van der Waals surface area contributed by atoms with E-state index in [1.165, 1.54) is 0 Å². The average molecular weight is 300 g/mol. The minimum Gasteiger partial charge on any atom is -0.376 e. The second-order valence-electron chi connectivity index (χ2n) is 3.85. The Balaban J connectivity index is 1.88. The van der Waals surface area contributed by atoms with E-state index >= 15 is 0 Å². The van der Waals surface area contributed by atoms with E-state index in [-0.39, 0.29) is 12.5 Å². The molecular weight excluding hydrogens is 289 g/mol. The fourth-order valence-electron chi connectivity index (χ4n) is 1.40. The Hall–Kier alpha value is -1.72. The summed E-state index contributed by atoms with van der Waals surface area (Å²) in [7, 11) is 0. The highest BCUT2D eigenvalue weighted by Gasteiger charge is 2.06. The van der Waals surface area contributed by atoms with Crippen LogP contribution in [-0.4, -0.2) is 17.6 Å². The minimum absolute atomic E-state index is 0.0872. The van der Waals surface area contributed by atoms with Crippen LogP contribution in [0.5, 0.6) is 0 Å². The van der Waals surface area contributed by atoms with Crippen molar-refractivity contribution in [2.45, 2.75) is 6.92 Å². The van der Waals surface area contributed by atoms with E-state index in [2.05, 4.69) is 15.8 Å². The molecule has 0 saturated carbocycles. The standard InChI is InChI=1S/C12H11Cl2N3O2/c1-7-4-11(17-19-7)16-12(18)6-15-8-2-3-9(13)10(14)5-8/h2-5,15H,6H2,1H3,(H,16,17,18). The smallest absolute Gasteiger partial charge is 0.244 e. The van der Waals surface area contributed by atoms with Crippen LogP contribution in [0.25, 0.3) is 0 Å². The van der Waals surface area contributed by atoms with Gasteiger partial charge in [0.05, 0.1) is 16.6 Å². The highest BCUT2D eigenvalue weighted by Crippen LogP contribution is 2.24. The number of halogens is 2. The number of rotatable bonds is 4. The van der Waals surface area contributed by atoms with Gasteiger partial charge in [-0.25, -0.2) is 0 Å². The van der Waals surface area contributed by atoms with Gasteiger partial charge in [0.15, 0.2) is 5.82 Å². The lowest BCUT2D eigenvalue weighted by Crippen LogP contribution is -2.21. The normalized spacial score (nSPS) is 10.3. The fraction of sp³-hybridized carbons (Fsp3) is 0.167. The average Bonchev–Trinajstić information content (AvgIpc) is 2.76. The minimum atomic E-state index is -0.237. The molecule has 0 unspecified atom stereocenters. The van der Waals surface area contributed by atoms with Gasteiger partial charge in [0.1, 0.15) is 5.76 Å². The van der Waals surface area contributed by atoms with Crippen LogP contribution < -0.4 is 10.6 Å². The predicted molar refractivity (Wildman–Crippen MR) is 74.8 cm³/mol.